The first-order chi connectivity index (χ1) is 8.15. The zero-order valence-electron chi connectivity index (χ0n) is 8.50. The average Bonchev–Trinajstić information content (AvgIpc) is 2.32. The van der Waals surface area contributed by atoms with Crippen molar-refractivity contribution in [2.75, 3.05) is 0 Å². The number of carboxylic acids is 1. The molecule has 0 atom stereocenters. The number of benzene rings is 1. The highest BCUT2D eigenvalue weighted by molar-refractivity contribution is 14.1. The van der Waals surface area contributed by atoms with E-state index in [0.29, 0.717) is 5.16 Å². The van der Waals surface area contributed by atoms with Crippen LogP contribution in [-0.2, 0) is 0 Å². The van der Waals surface area contributed by atoms with Crippen molar-refractivity contribution in [3.63, 3.8) is 0 Å². The molecule has 86 valence electrons. The van der Waals surface area contributed by atoms with E-state index in [2.05, 4.69) is 32.6 Å². The monoisotopic (exact) mass is 358 g/mol. The first-order valence-electron chi connectivity index (χ1n) is 4.64. The van der Waals surface area contributed by atoms with Crippen molar-refractivity contribution in [2.45, 2.75) is 10.1 Å². The fraction of sp³-hybridized carbons (Fsp3) is 0. The Labute approximate surface area is 116 Å². The molecule has 0 amide bonds. The van der Waals surface area contributed by atoms with Gasteiger partial charge in [0, 0.05) is 20.9 Å². The topological polar surface area (TPSA) is 63.1 Å². The van der Waals surface area contributed by atoms with Crippen molar-refractivity contribution in [3.8, 4) is 0 Å². The Morgan fingerprint density at radius 2 is 2.00 bits per heavy atom. The summed E-state index contributed by atoms with van der Waals surface area (Å²) in [4.78, 5) is 19.9. The minimum atomic E-state index is -0.934. The van der Waals surface area contributed by atoms with E-state index in [1.165, 1.54) is 11.8 Å². The van der Waals surface area contributed by atoms with Crippen molar-refractivity contribution in [1.82, 2.24) is 9.97 Å². The molecule has 1 aromatic heterocycles. The number of aromatic nitrogens is 2. The van der Waals surface area contributed by atoms with Crippen LogP contribution in [0.4, 0.5) is 0 Å². The molecule has 0 unspecified atom stereocenters. The van der Waals surface area contributed by atoms with Crippen LogP contribution in [0.3, 0.4) is 0 Å². The van der Waals surface area contributed by atoms with Crippen LogP contribution < -0.4 is 0 Å². The second-order valence-corrected chi connectivity index (χ2v) is 5.41. The Morgan fingerprint density at radius 1 is 1.29 bits per heavy atom. The second kappa shape index (κ2) is 5.46. The highest BCUT2D eigenvalue weighted by Crippen LogP contribution is 2.25. The van der Waals surface area contributed by atoms with Gasteiger partial charge in [0.05, 0.1) is 5.56 Å². The molecule has 4 nitrogen and oxygen atoms in total. The molecule has 2 aromatic rings. The normalized spacial score (nSPS) is 10.2. The van der Waals surface area contributed by atoms with E-state index >= 15 is 0 Å². The Bertz CT molecular complexity index is 545. The molecule has 17 heavy (non-hydrogen) atoms. The van der Waals surface area contributed by atoms with Crippen LogP contribution in [0.25, 0.3) is 0 Å². The highest BCUT2D eigenvalue weighted by atomic mass is 127. The smallest absolute Gasteiger partial charge is 0.335 e. The third kappa shape index (κ3) is 3.40. The molecular weight excluding hydrogens is 351 g/mol. The number of hydrogen-bond acceptors (Lipinski definition) is 4. The molecule has 0 fully saturated rings. The number of hydrogen-bond donors (Lipinski definition) is 1. The van der Waals surface area contributed by atoms with Gasteiger partial charge < -0.3 is 5.11 Å². The van der Waals surface area contributed by atoms with E-state index in [1.807, 2.05) is 6.07 Å². The molecule has 0 saturated heterocycles. The van der Waals surface area contributed by atoms with Gasteiger partial charge in [-0.05, 0) is 52.6 Å². The predicted octanol–water partition coefficient (Wildman–Crippen LogP) is 2.93. The van der Waals surface area contributed by atoms with Gasteiger partial charge in [-0.1, -0.05) is 6.07 Å². The second-order valence-electron chi connectivity index (χ2n) is 3.12. The van der Waals surface area contributed by atoms with Crippen molar-refractivity contribution >= 4 is 40.3 Å². The third-order valence-electron chi connectivity index (χ3n) is 1.89. The number of nitrogens with zero attached hydrogens (tertiary/aromatic N) is 2. The number of aromatic carboxylic acids is 1. The lowest BCUT2D eigenvalue weighted by molar-refractivity contribution is 0.0696. The summed E-state index contributed by atoms with van der Waals surface area (Å²) < 4.78 is 0.964. The van der Waals surface area contributed by atoms with Crippen LogP contribution in [0.5, 0.6) is 0 Å². The molecule has 0 aliphatic rings. The number of carbonyl (C=O) groups is 1. The summed E-state index contributed by atoms with van der Waals surface area (Å²) in [5.74, 6) is -0.934. The van der Waals surface area contributed by atoms with Gasteiger partial charge in [0.2, 0.25) is 0 Å². The maximum atomic E-state index is 10.8. The molecule has 0 aliphatic heterocycles. The first kappa shape index (κ1) is 12.3. The van der Waals surface area contributed by atoms with Crippen LogP contribution in [-0.4, -0.2) is 21.0 Å². The van der Waals surface area contributed by atoms with Gasteiger partial charge in [0.15, 0.2) is 5.16 Å². The highest BCUT2D eigenvalue weighted by Gasteiger charge is 2.05. The summed E-state index contributed by atoms with van der Waals surface area (Å²) in [6.07, 6.45) is 3.44. The molecular formula is C11H7IN2O2S. The van der Waals surface area contributed by atoms with Crippen molar-refractivity contribution in [2.24, 2.45) is 0 Å². The Balaban J connectivity index is 2.21. The van der Waals surface area contributed by atoms with E-state index in [-0.39, 0.29) is 5.56 Å². The summed E-state index contributed by atoms with van der Waals surface area (Å²) in [6.45, 7) is 0. The number of halogens is 1. The van der Waals surface area contributed by atoms with Crippen LogP contribution in [0.15, 0.2) is 46.7 Å². The van der Waals surface area contributed by atoms with Crippen molar-refractivity contribution in [3.05, 3.63) is 45.8 Å². The zero-order chi connectivity index (χ0) is 12.3. The van der Waals surface area contributed by atoms with Crippen LogP contribution >= 0.6 is 34.4 Å². The van der Waals surface area contributed by atoms with Gasteiger partial charge in [0.1, 0.15) is 0 Å². The van der Waals surface area contributed by atoms with E-state index in [4.69, 9.17) is 5.11 Å². The maximum Gasteiger partial charge on any atom is 0.335 e. The van der Waals surface area contributed by atoms with E-state index in [9.17, 15) is 4.79 Å². The summed E-state index contributed by atoms with van der Waals surface area (Å²) in [5.41, 5.74) is 0.264. The van der Waals surface area contributed by atoms with E-state index in [0.717, 1.165) is 8.47 Å². The fourth-order valence-electron chi connectivity index (χ4n) is 1.15. The summed E-state index contributed by atoms with van der Waals surface area (Å²) in [7, 11) is 0. The summed E-state index contributed by atoms with van der Waals surface area (Å²) in [5, 5.41) is 9.47. The molecule has 6 heteroatoms. The molecule has 0 spiro atoms. The number of rotatable bonds is 3. The molecule has 0 aliphatic carbocycles. The van der Waals surface area contributed by atoms with Crippen molar-refractivity contribution < 1.29 is 9.90 Å². The van der Waals surface area contributed by atoms with E-state index in [1.54, 1.807) is 30.6 Å². The summed E-state index contributed by atoms with van der Waals surface area (Å²) >= 11 is 3.47. The van der Waals surface area contributed by atoms with Gasteiger partial charge >= 0.3 is 5.97 Å². The first-order valence-corrected chi connectivity index (χ1v) is 6.53. The largest absolute Gasteiger partial charge is 0.478 e. The average molecular weight is 358 g/mol. The molecule has 1 aromatic carbocycles. The van der Waals surface area contributed by atoms with Gasteiger partial charge in [-0.2, -0.15) is 0 Å². The fourth-order valence-corrected chi connectivity index (χ4v) is 2.18. The Hall–Kier alpha value is -1.15. The quantitative estimate of drug-likeness (QED) is 0.675. The zero-order valence-corrected chi connectivity index (χ0v) is 11.5. The maximum absolute atomic E-state index is 10.8. The SMILES string of the molecule is O=C(O)c1cccc(Sc2ncc(I)cn2)c1. The third-order valence-corrected chi connectivity index (χ3v) is 3.33. The molecule has 0 saturated carbocycles. The van der Waals surface area contributed by atoms with Crippen LogP contribution in [0.2, 0.25) is 0 Å². The standard InChI is InChI=1S/C11H7IN2O2S/c12-8-5-13-11(14-6-8)17-9-3-1-2-7(4-9)10(15)16/h1-6H,(H,15,16). The lowest BCUT2D eigenvalue weighted by atomic mass is 10.2. The lowest BCUT2D eigenvalue weighted by Crippen LogP contribution is -1.95. The minimum Gasteiger partial charge on any atom is -0.478 e. The molecule has 0 radical (unpaired) electrons. The van der Waals surface area contributed by atoms with Crippen LogP contribution in [0.1, 0.15) is 10.4 Å². The van der Waals surface area contributed by atoms with Gasteiger partial charge in [-0.3, -0.25) is 0 Å². The summed E-state index contributed by atoms with van der Waals surface area (Å²) in [6, 6.07) is 6.70. The van der Waals surface area contributed by atoms with Gasteiger partial charge in [-0.15, -0.1) is 0 Å². The Morgan fingerprint density at radius 3 is 2.65 bits per heavy atom. The molecule has 1 heterocycles. The van der Waals surface area contributed by atoms with Gasteiger partial charge in [-0.25, -0.2) is 14.8 Å². The van der Waals surface area contributed by atoms with E-state index < -0.39 is 5.97 Å². The molecule has 2 rings (SSSR count). The number of carboxylic acid groups (broad SMARTS) is 1. The lowest BCUT2D eigenvalue weighted by Gasteiger charge is -2.01. The molecule has 0 bridgehead atoms. The van der Waals surface area contributed by atoms with Gasteiger partial charge in [0.25, 0.3) is 0 Å². The minimum absolute atomic E-state index is 0.264. The van der Waals surface area contributed by atoms with Crippen molar-refractivity contribution in [1.29, 1.82) is 0 Å². The molecule has 1 N–H and O–H groups in total. The van der Waals surface area contributed by atoms with Crippen LogP contribution in [0, 0.1) is 3.57 Å². The predicted molar refractivity (Wildman–Crippen MR) is 72.3 cm³/mol. The Kier molecular flexibility index (Phi) is 3.95.